The van der Waals surface area contributed by atoms with Gasteiger partial charge < -0.3 is 5.32 Å². The average molecular weight is 314 g/mol. The number of hydrogen-bond acceptors (Lipinski definition) is 5. The summed E-state index contributed by atoms with van der Waals surface area (Å²) in [5, 5.41) is 7.57. The van der Waals surface area contributed by atoms with Crippen molar-refractivity contribution in [3.63, 3.8) is 0 Å². The molecule has 0 amide bonds. The van der Waals surface area contributed by atoms with Crippen LogP contribution in [0.3, 0.4) is 0 Å². The van der Waals surface area contributed by atoms with Crippen LogP contribution < -0.4 is 5.32 Å². The van der Waals surface area contributed by atoms with E-state index >= 15 is 0 Å². The Bertz CT molecular complexity index is 934. The fourth-order valence-electron chi connectivity index (χ4n) is 2.33. The van der Waals surface area contributed by atoms with E-state index in [0.717, 1.165) is 28.6 Å². The zero-order chi connectivity index (χ0) is 16.2. The quantitative estimate of drug-likeness (QED) is 0.624. The Morgan fingerprint density at radius 3 is 2.38 bits per heavy atom. The van der Waals surface area contributed by atoms with Crippen molar-refractivity contribution in [3.8, 4) is 16.9 Å². The van der Waals surface area contributed by atoms with Crippen LogP contribution in [-0.2, 0) is 0 Å². The van der Waals surface area contributed by atoms with Crippen LogP contribution in [0.15, 0.2) is 79.5 Å². The van der Waals surface area contributed by atoms with Gasteiger partial charge in [0.05, 0.1) is 6.20 Å². The summed E-state index contributed by atoms with van der Waals surface area (Å²) in [6.07, 6.45) is 9.01. The zero-order valence-electron chi connectivity index (χ0n) is 12.7. The fourth-order valence-corrected chi connectivity index (χ4v) is 2.33. The highest BCUT2D eigenvalue weighted by Gasteiger charge is 2.06. The monoisotopic (exact) mass is 314 g/mol. The molecule has 0 aromatic carbocycles. The first-order valence-electron chi connectivity index (χ1n) is 7.49. The molecule has 4 aromatic rings. The predicted octanol–water partition coefficient (Wildman–Crippen LogP) is 3.47. The number of pyridine rings is 3. The number of rotatable bonds is 4. The first kappa shape index (κ1) is 14.1. The van der Waals surface area contributed by atoms with Crippen LogP contribution in [0.5, 0.6) is 0 Å². The van der Waals surface area contributed by atoms with E-state index in [1.54, 1.807) is 23.3 Å². The number of aromatic nitrogens is 5. The van der Waals surface area contributed by atoms with E-state index in [0.29, 0.717) is 0 Å². The number of hydrogen-bond donors (Lipinski definition) is 1. The molecule has 0 unspecified atom stereocenters. The molecular weight excluding hydrogens is 300 g/mol. The second kappa shape index (κ2) is 6.29. The minimum absolute atomic E-state index is 0.733. The van der Waals surface area contributed by atoms with Gasteiger partial charge in [0.1, 0.15) is 11.6 Å². The normalized spacial score (nSPS) is 10.5. The van der Waals surface area contributed by atoms with E-state index in [1.807, 2.05) is 60.9 Å². The molecule has 4 heterocycles. The summed E-state index contributed by atoms with van der Waals surface area (Å²) in [4.78, 5) is 12.9. The SMILES string of the molecule is c1ccc(Nc2cc(-c3cnn(-c4ccccn4)c3)ccn2)nc1. The Kier molecular flexibility index (Phi) is 3.69. The maximum atomic E-state index is 4.38. The summed E-state index contributed by atoms with van der Waals surface area (Å²) < 4.78 is 1.75. The first-order valence-corrected chi connectivity index (χ1v) is 7.49. The molecule has 0 aliphatic heterocycles. The van der Waals surface area contributed by atoms with E-state index in [9.17, 15) is 0 Å². The average Bonchev–Trinajstić information content (AvgIpc) is 3.14. The van der Waals surface area contributed by atoms with Gasteiger partial charge in [-0.1, -0.05) is 12.1 Å². The van der Waals surface area contributed by atoms with Gasteiger partial charge in [-0.05, 0) is 42.0 Å². The van der Waals surface area contributed by atoms with Gasteiger partial charge in [0.25, 0.3) is 0 Å². The van der Waals surface area contributed by atoms with Crippen LogP contribution in [0.25, 0.3) is 16.9 Å². The van der Waals surface area contributed by atoms with Gasteiger partial charge >= 0.3 is 0 Å². The maximum Gasteiger partial charge on any atom is 0.153 e. The van der Waals surface area contributed by atoms with Crippen molar-refractivity contribution in [1.82, 2.24) is 24.7 Å². The molecule has 0 fully saturated rings. The number of nitrogens with one attached hydrogen (secondary N) is 1. The van der Waals surface area contributed by atoms with E-state index < -0.39 is 0 Å². The first-order chi connectivity index (χ1) is 11.9. The standard InChI is InChI=1S/C18H14N6/c1-3-8-19-16(5-1)23-17-11-14(7-10-20-17)15-12-22-24(13-15)18-6-2-4-9-21-18/h1-13H,(H,19,20,23). The van der Waals surface area contributed by atoms with Crippen molar-refractivity contribution in [3.05, 3.63) is 79.5 Å². The van der Waals surface area contributed by atoms with E-state index in [1.165, 1.54) is 0 Å². The summed E-state index contributed by atoms with van der Waals surface area (Å²) >= 11 is 0. The van der Waals surface area contributed by atoms with Gasteiger partial charge in [0, 0.05) is 30.4 Å². The lowest BCUT2D eigenvalue weighted by atomic mass is 10.1. The van der Waals surface area contributed by atoms with Crippen molar-refractivity contribution in [2.45, 2.75) is 0 Å². The van der Waals surface area contributed by atoms with Crippen LogP contribution in [-0.4, -0.2) is 24.7 Å². The van der Waals surface area contributed by atoms with Gasteiger partial charge in [-0.15, -0.1) is 0 Å². The summed E-state index contributed by atoms with van der Waals surface area (Å²) in [6, 6.07) is 15.3. The molecule has 24 heavy (non-hydrogen) atoms. The molecule has 1 N–H and O–H groups in total. The van der Waals surface area contributed by atoms with Crippen molar-refractivity contribution in [2.24, 2.45) is 0 Å². The Morgan fingerprint density at radius 1 is 0.750 bits per heavy atom. The Hall–Kier alpha value is -3.54. The summed E-state index contributed by atoms with van der Waals surface area (Å²) in [5.74, 6) is 2.27. The van der Waals surface area contributed by atoms with Crippen molar-refractivity contribution >= 4 is 11.6 Å². The van der Waals surface area contributed by atoms with Gasteiger partial charge in [0.2, 0.25) is 0 Å². The van der Waals surface area contributed by atoms with Crippen molar-refractivity contribution in [2.75, 3.05) is 5.32 Å². The molecule has 4 aromatic heterocycles. The van der Waals surface area contributed by atoms with Crippen LogP contribution >= 0.6 is 0 Å². The third-order valence-corrected chi connectivity index (χ3v) is 3.48. The molecule has 0 saturated heterocycles. The molecule has 0 atom stereocenters. The lowest BCUT2D eigenvalue weighted by Gasteiger charge is -2.05. The molecule has 6 heteroatoms. The third-order valence-electron chi connectivity index (χ3n) is 3.48. The second-order valence-corrected chi connectivity index (χ2v) is 5.13. The lowest BCUT2D eigenvalue weighted by molar-refractivity contribution is 0.847. The molecule has 0 bridgehead atoms. The predicted molar refractivity (Wildman–Crippen MR) is 92.1 cm³/mol. The molecule has 0 aliphatic rings. The molecule has 0 aliphatic carbocycles. The summed E-state index contributed by atoms with van der Waals surface area (Å²) in [7, 11) is 0. The Balaban J connectivity index is 1.61. The van der Waals surface area contributed by atoms with Crippen LogP contribution in [0, 0.1) is 0 Å². The minimum Gasteiger partial charge on any atom is -0.325 e. The largest absolute Gasteiger partial charge is 0.325 e. The Labute approximate surface area is 138 Å². The molecule has 6 nitrogen and oxygen atoms in total. The molecule has 0 radical (unpaired) electrons. The molecule has 0 spiro atoms. The van der Waals surface area contributed by atoms with Gasteiger partial charge in [-0.2, -0.15) is 5.10 Å². The van der Waals surface area contributed by atoms with Crippen molar-refractivity contribution in [1.29, 1.82) is 0 Å². The van der Waals surface area contributed by atoms with Gasteiger partial charge in [-0.3, -0.25) is 0 Å². The van der Waals surface area contributed by atoms with E-state index in [2.05, 4.69) is 25.4 Å². The Morgan fingerprint density at radius 2 is 1.58 bits per heavy atom. The van der Waals surface area contributed by atoms with Gasteiger partial charge in [-0.25, -0.2) is 19.6 Å². The number of nitrogens with zero attached hydrogens (tertiary/aromatic N) is 5. The minimum atomic E-state index is 0.733. The highest BCUT2D eigenvalue weighted by molar-refractivity contribution is 5.67. The number of anilines is 2. The van der Waals surface area contributed by atoms with Crippen molar-refractivity contribution < 1.29 is 0 Å². The summed E-state index contributed by atoms with van der Waals surface area (Å²) in [5.41, 5.74) is 2.01. The molecular formula is C18H14N6. The third kappa shape index (κ3) is 2.98. The summed E-state index contributed by atoms with van der Waals surface area (Å²) in [6.45, 7) is 0. The molecule has 4 rings (SSSR count). The topological polar surface area (TPSA) is 68.5 Å². The molecule has 0 saturated carbocycles. The fraction of sp³-hybridized carbons (Fsp3) is 0. The van der Waals surface area contributed by atoms with Gasteiger partial charge in [0.15, 0.2) is 5.82 Å². The highest BCUT2D eigenvalue weighted by atomic mass is 15.3. The zero-order valence-corrected chi connectivity index (χ0v) is 12.7. The molecule has 116 valence electrons. The van der Waals surface area contributed by atoms with E-state index in [4.69, 9.17) is 0 Å². The lowest BCUT2D eigenvalue weighted by Crippen LogP contribution is -1.96. The second-order valence-electron chi connectivity index (χ2n) is 5.13. The smallest absolute Gasteiger partial charge is 0.153 e. The highest BCUT2D eigenvalue weighted by Crippen LogP contribution is 2.22. The van der Waals surface area contributed by atoms with E-state index in [-0.39, 0.29) is 0 Å². The van der Waals surface area contributed by atoms with Crippen LogP contribution in [0.2, 0.25) is 0 Å². The maximum absolute atomic E-state index is 4.38. The van der Waals surface area contributed by atoms with Crippen LogP contribution in [0.4, 0.5) is 11.6 Å². The van der Waals surface area contributed by atoms with Crippen LogP contribution in [0.1, 0.15) is 0 Å².